The highest BCUT2D eigenvalue weighted by Gasteiger charge is 2.38. The van der Waals surface area contributed by atoms with Gasteiger partial charge < -0.3 is 5.32 Å². The van der Waals surface area contributed by atoms with Crippen molar-refractivity contribution in [3.63, 3.8) is 0 Å². The second kappa shape index (κ2) is 10.7. The molecule has 4 aromatic rings. The van der Waals surface area contributed by atoms with E-state index in [0.29, 0.717) is 54.1 Å². The molecular weight excluding hydrogens is 554 g/mol. The van der Waals surface area contributed by atoms with Gasteiger partial charge in [0.25, 0.3) is 5.91 Å². The summed E-state index contributed by atoms with van der Waals surface area (Å²) in [5.41, 5.74) is 0.592. The molecule has 39 heavy (non-hydrogen) atoms. The number of aromatic nitrogens is 4. The van der Waals surface area contributed by atoms with Gasteiger partial charge in [0.05, 0.1) is 26.8 Å². The van der Waals surface area contributed by atoms with Crippen molar-refractivity contribution in [2.45, 2.75) is 51.4 Å². The predicted octanol–water partition coefficient (Wildman–Crippen LogP) is 6.21. The highest BCUT2D eigenvalue weighted by molar-refractivity contribution is 6.32. The number of carbonyl (C=O) groups is 1. The number of carbonyl (C=O) groups excluding carboxylic acids is 1. The smallest absolute Gasteiger partial charge is 0.349 e. The van der Waals surface area contributed by atoms with Crippen LogP contribution in [0.15, 0.2) is 53.6 Å². The normalized spacial score (nSPS) is 17.9. The summed E-state index contributed by atoms with van der Waals surface area (Å²) in [6, 6.07) is 9.76. The minimum absolute atomic E-state index is 0.0529. The van der Waals surface area contributed by atoms with Crippen LogP contribution < -0.4 is 11.0 Å². The summed E-state index contributed by atoms with van der Waals surface area (Å²) in [6.07, 6.45) is 0.179. The Morgan fingerprint density at radius 2 is 1.85 bits per heavy atom. The SMILES string of the molecule is Cc1ccc(-n2c(=O)n(CC3CCC(NC(=O)c4cc(Cl)cnc4C(F)(F)F)CC3)c3cccnc32)c(Cl)c1. The van der Waals surface area contributed by atoms with Gasteiger partial charge in [0.15, 0.2) is 11.3 Å². The second-order valence-corrected chi connectivity index (χ2v) is 10.6. The van der Waals surface area contributed by atoms with Gasteiger partial charge in [-0.3, -0.25) is 9.36 Å². The van der Waals surface area contributed by atoms with Crippen molar-refractivity contribution in [3.8, 4) is 5.69 Å². The number of fused-ring (bicyclic) bond motifs is 1. The molecule has 5 rings (SSSR count). The molecular formula is C27H24Cl2F3N5O2. The summed E-state index contributed by atoms with van der Waals surface area (Å²) in [7, 11) is 0. The van der Waals surface area contributed by atoms with E-state index in [9.17, 15) is 22.8 Å². The number of aryl methyl sites for hydroxylation is 1. The first-order valence-electron chi connectivity index (χ1n) is 12.4. The quantitative estimate of drug-likeness (QED) is 0.306. The summed E-state index contributed by atoms with van der Waals surface area (Å²) >= 11 is 12.3. The number of rotatable bonds is 5. The van der Waals surface area contributed by atoms with Gasteiger partial charge in [0, 0.05) is 25.0 Å². The summed E-state index contributed by atoms with van der Waals surface area (Å²) in [4.78, 5) is 34.0. The number of alkyl halides is 3. The Bertz CT molecular complexity index is 1610. The zero-order valence-corrected chi connectivity index (χ0v) is 22.3. The van der Waals surface area contributed by atoms with E-state index < -0.39 is 23.3 Å². The first kappa shape index (κ1) is 27.2. The zero-order chi connectivity index (χ0) is 27.9. The van der Waals surface area contributed by atoms with Crippen LogP contribution >= 0.6 is 23.2 Å². The van der Waals surface area contributed by atoms with E-state index in [-0.39, 0.29) is 22.7 Å². The van der Waals surface area contributed by atoms with Crippen molar-refractivity contribution >= 4 is 40.3 Å². The first-order chi connectivity index (χ1) is 18.5. The Labute approximate surface area is 231 Å². The van der Waals surface area contributed by atoms with Crippen LogP contribution in [0.2, 0.25) is 10.0 Å². The van der Waals surface area contributed by atoms with Crippen LogP contribution in [0.5, 0.6) is 0 Å². The lowest BCUT2D eigenvalue weighted by Crippen LogP contribution is -2.39. The molecule has 0 atom stereocenters. The summed E-state index contributed by atoms with van der Waals surface area (Å²) < 4.78 is 43.2. The zero-order valence-electron chi connectivity index (χ0n) is 20.8. The molecule has 1 aliphatic carbocycles. The molecule has 0 unspecified atom stereocenters. The highest BCUT2D eigenvalue weighted by Crippen LogP contribution is 2.32. The van der Waals surface area contributed by atoms with Gasteiger partial charge in [-0.15, -0.1) is 0 Å². The van der Waals surface area contributed by atoms with Crippen LogP contribution in [0.1, 0.15) is 47.3 Å². The largest absolute Gasteiger partial charge is 0.434 e. The molecule has 3 heterocycles. The van der Waals surface area contributed by atoms with Gasteiger partial charge in [-0.2, -0.15) is 13.2 Å². The Hall–Kier alpha value is -3.37. The molecule has 1 N–H and O–H groups in total. The molecule has 204 valence electrons. The molecule has 0 saturated heterocycles. The van der Waals surface area contributed by atoms with Crippen LogP contribution in [0.25, 0.3) is 16.9 Å². The average molecular weight is 578 g/mol. The third kappa shape index (κ3) is 5.53. The van der Waals surface area contributed by atoms with Crippen molar-refractivity contribution in [3.05, 3.63) is 86.1 Å². The lowest BCUT2D eigenvalue weighted by atomic mass is 9.85. The summed E-state index contributed by atoms with van der Waals surface area (Å²) in [5, 5.41) is 3.09. The summed E-state index contributed by atoms with van der Waals surface area (Å²) in [6.45, 7) is 2.36. The van der Waals surface area contributed by atoms with Crippen molar-refractivity contribution in [2.75, 3.05) is 0 Å². The molecule has 1 aliphatic rings. The monoisotopic (exact) mass is 577 g/mol. The number of hydrogen-bond donors (Lipinski definition) is 1. The fourth-order valence-electron chi connectivity index (χ4n) is 5.12. The maximum Gasteiger partial charge on any atom is 0.434 e. The molecule has 0 spiro atoms. The number of imidazole rings is 1. The van der Waals surface area contributed by atoms with E-state index in [1.165, 1.54) is 4.57 Å². The van der Waals surface area contributed by atoms with E-state index in [2.05, 4.69) is 15.3 Å². The molecule has 1 fully saturated rings. The highest BCUT2D eigenvalue weighted by atomic mass is 35.5. The van der Waals surface area contributed by atoms with Crippen LogP contribution in [0, 0.1) is 12.8 Å². The topological polar surface area (TPSA) is 81.8 Å². The minimum atomic E-state index is -4.78. The van der Waals surface area contributed by atoms with E-state index in [1.54, 1.807) is 29.0 Å². The predicted molar refractivity (Wildman–Crippen MR) is 143 cm³/mol. The van der Waals surface area contributed by atoms with E-state index >= 15 is 0 Å². The van der Waals surface area contributed by atoms with E-state index in [4.69, 9.17) is 23.2 Å². The average Bonchev–Trinajstić information content (AvgIpc) is 3.15. The third-order valence-corrected chi connectivity index (χ3v) is 7.53. The fraction of sp³-hybridized carbons (Fsp3) is 0.333. The molecule has 7 nitrogen and oxygen atoms in total. The standard InChI is InChI=1S/C27H24Cl2F3N5O2/c1-15-4-9-21(20(29)11-15)37-24-22(3-2-10-33-24)36(26(37)39)14-16-5-7-18(8-6-16)35-25(38)19-12-17(28)13-34-23(19)27(30,31)32/h2-4,9-13,16,18H,5-8,14H2,1H3,(H,35,38). The Morgan fingerprint density at radius 1 is 1.10 bits per heavy atom. The molecule has 3 aromatic heterocycles. The molecule has 1 amide bonds. The van der Waals surface area contributed by atoms with Gasteiger partial charge in [0.1, 0.15) is 0 Å². The molecule has 12 heteroatoms. The number of benzene rings is 1. The van der Waals surface area contributed by atoms with Crippen molar-refractivity contribution < 1.29 is 18.0 Å². The van der Waals surface area contributed by atoms with Crippen LogP contribution in [0.4, 0.5) is 13.2 Å². The molecule has 0 radical (unpaired) electrons. The van der Waals surface area contributed by atoms with Crippen molar-refractivity contribution in [2.24, 2.45) is 5.92 Å². The first-order valence-corrected chi connectivity index (χ1v) is 13.1. The molecule has 0 bridgehead atoms. The van der Waals surface area contributed by atoms with E-state index in [0.717, 1.165) is 17.8 Å². The number of halogens is 5. The van der Waals surface area contributed by atoms with Gasteiger partial charge in [0.2, 0.25) is 0 Å². The maximum atomic E-state index is 13.6. The Balaban J connectivity index is 1.32. The molecule has 1 aromatic carbocycles. The lowest BCUT2D eigenvalue weighted by molar-refractivity contribution is -0.141. The number of nitrogens with zero attached hydrogens (tertiary/aromatic N) is 4. The number of hydrogen-bond acceptors (Lipinski definition) is 4. The maximum absolute atomic E-state index is 13.6. The Kier molecular flexibility index (Phi) is 7.43. The molecule has 1 saturated carbocycles. The van der Waals surface area contributed by atoms with Crippen molar-refractivity contribution in [1.82, 2.24) is 24.4 Å². The van der Waals surface area contributed by atoms with Gasteiger partial charge >= 0.3 is 11.9 Å². The lowest BCUT2D eigenvalue weighted by Gasteiger charge is -2.29. The molecule has 0 aliphatic heterocycles. The summed E-state index contributed by atoms with van der Waals surface area (Å²) in [5.74, 6) is -0.733. The minimum Gasteiger partial charge on any atom is -0.349 e. The number of amides is 1. The van der Waals surface area contributed by atoms with E-state index in [1.807, 2.05) is 19.1 Å². The second-order valence-electron chi connectivity index (χ2n) is 9.77. The van der Waals surface area contributed by atoms with Crippen LogP contribution in [0.3, 0.4) is 0 Å². The van der Waals surface area contributed by atoms with Crippen LogP contribution in [-0.2, 0) is 12.7 Å². The van der Waals surface area contributed by atoms with Crippen LogP contribution in [-0.4, -0.2) is 31.1 Å². The van der Waals surface area contributed by atoms with Crippen molar-refractivity contribution in [1.29, 1.82) is 0 Å². The number of nitrogens with one attached hydrogen (secondary N) is 1. The van der Waals surface area contributed by atoms with Gasteiger partial charge in [-0.05, 0) is 74.4 Å². The Morgan fingerprint density at radius 3 is 2.54 bits per heavy atom. The van der Waals surface area contributed by atoms with Gasteiger partial charge in [-0.25, -0.2) is 19.3 Å². The number of pyridine rings is 2. The van der Waals surface area contributed by atoms with Gasteiger partial charge in [-0.1, -0.05) is 29.3 Å². The fourth-order valence-corrected chi connectivity index (χ4v) is 5.60. The third-order valence-electron chi connectivity index (χ3n) is 7.03.